The van der Waals surface area contributed by atoms with Crippen molar-refractivity contribution in [1.82, 2.24) is 0 Å². The van der Waals surface area contributed by atoms with E-state index in [2.05, 4.69) is 10.8 Å². The molecular formula is C6H12O5S. The molecule has 0 aromatic heterocycles. The van der Waals surface area contributed by atoms with Crippen LogP contribution in [0, 0.1) is 0 Å². The summed E-state index contributed by atoms with van der Waals surface area (Å²) in [5, 5.41) is 9.00. The lowest BCUT2D eigenvalue weighted by Gasteiger charge is -2.06. The number of aliphatic hydroxyl groups is 1. The molecular weight excluding hydrogens is 184 g/mol. The van der Waals surface area contributed by atoms with Crippen molar-refractivity contribution in [3.8, 4) is 0 Å². The van der Waals surface area contributed by atoms with Gasteiger partial charge in [-0.3, -0.25) is 4.55 Å². The summed E-state index contributed by atoms with van der Waals surface area (Å²) in [6.45, 7) is 3.00. The molecule has 2 N–H and O–H groups in total. The number of hydrogen-bond donors (Lipinski definition) is 2. The average Bonchev–Trinajstić information content (AvgIpc) is 1.95. The Morgan fingerprint density at radius 2 is 2.17 bits per heavy atom. The summed E-state index contributed by atoms with van der Waals surface area (Å²) < 4.78 is 32.1. The molecule has 6 heteroatoms. The van der Waals surface area contributed by atoms with E-state index in [0.29, 0.717) is 12.8 Å². The van der Waals surface area contributed by atoms with Gasteiger partial charge in [0.15, 0.2) is 0 Å². The number of hydrogen-bond acceptors (Lipinski definition) is 4. The van der Waals surface area contributed by atoms with Crippen molar-refractivity contribution in [2.24, 2.45) is 0 Å². The van der Waals surface area contributed by atoms with Crippen molar-refractivity contribution in [2.75, 3.05) is 6.61 Å². The predicted octanol–water partition coefficient (Wildman–Crippen LogP) is 0.133. The zero-order valence-corrected chi connectivity index (χ0v) is 7.33. The largest absolute Gasteiger partial charge is 0.397 e. The van der Waals surface area contributed by atoms with Gasteiger partial charge in [-0.15, -0.1) is 6.58 Å². The van der Waals surface area contributed by atoms with Crippen LogP contribution in [0.5, 0.6) is 0 Å². The van der Waals surface area contributed by atoms with Gasteiger partial charge in [-0.05, 0) is 12.8 Å². The predicted molar refractivity (Wildman–Crippen MR) is 42.9 cm³/mol. The molecule has 0 fully saturated rings. The van der Waals surface area contributed by atoms with E-state index in [1.807, 2.05) is 0 Å². The normalized spacial score (nSPS) is 14.2. The highest BCUT2D eigenvalue weighted by molar-refractivity contribution is 7.80. The molecule has 0 saturated carbocycles. The highest BCUT2D eigenvalue weighted by Gasteiger charge is 2.09. The van der Waals surface area contributed by atoms with Gasteiger partial charge in [0, 0.05) is 0 Å². The minimum atomic E-state index is -4.43. The van der Waals surface area contributed by atoms with Gasteiger partial charge in [-0.25, -0.2) is 4.18 Å². The fourth-order valence-electron chi connectivity index (χ4n) is 0.558. The smallest absolute Gasteiger partial charge is 0.391 e. The van der Waals surface area contributed by atoms with E-state index >= 15 is 0 Å². The Bertz CT molecular complexity index is 220. The molecule has 1 atom stereocenters. The fourth-order valence-corrected chi connectivity index (χ4v) is 0.887. The van der Waals surface area contributed by atoms with Gasteiger partial charge in [-0.1, -0.05) is 6.08 Å². The van der Waals surface area contributed by atoms with E-state index in [9.17, 15) is 8.42 Å². The third-order valence-electron chi connectivity index (χ3n) is 1.11. The van der Waals surface area contributed by atoms with Crippen molar-refractivity contribution >= 4 is 10.4 Å². The van der Waals surface area contributed by atoms with Crippen molar-refractivity contribution in [2.45, 2.75) is 18.9 Å². The Hall–Kier alpha value is -0.430. The molecule has 0 spiro atoms. The van der Waals surface area contributed by atoms with Crippen LogP contribution in [0.1, 0.15) is 12.8 Å². The molecule has 0 aliphatic carbocycles. The maximum absolute atomic E-state index is 10.0. The molecule has 0 saturated heterocycles. The van der Waals surface area contributed by atoms with Gasteiger partial charge in [-0.2, -0.15) is 8.42 Å². The molecule has 12 heavy (non-hydrogen) atoms. The summed E-state index contributed by atoms with van der Waals surface area (Å²) in [4.78, 5) is 0. The third-order valence-corrected chi connectivity index (χ3v) is 1.55. The number of allylic oxidation sites excluding steroid dienone is 1. The number of rotatable bonds is 6. The molecule has 0 bridgehead atoms. The van der Waals surface area contributed by atoms with Crippen molar-refractivity contribution in [3.63, 3.8) is 0 Å². The Kier molecular flexibility index (Phi) is 5.07. The Labute approximate surface area is 71.6 Å². The standard InChI is InChI=1S/C6H12O5S/c1-2-3-4-6(7)5-11-12(8,9)10/h2,6-7H,1,3-5H2,(H,8,9,10). The first kappa shape index (κ1) is 11.6. The monoisotopic (exact) mass is 196 g/mol. The van der Waals surface area contributed by atoms with Crippen LogP contribution in [0.15, 0.2) is 12.7 Å². The lowest BCUT2D eigenvalue weighted by molar-refractivity contribution is 0.0967. The lowest BCUT2D eigenvalue weighted by atomic mass is 10.2. The van der Waals surface area contributed by atoms with Crippen LogP contribution in [0.25, 0.3) is 0 Å². The summed E-state index contributed by atoms with van der Waals surface area (Å²) in [6.07, 6.45) is 1.62. The molecule has 5 nitrogen and oxygen atoms in total. The van der Waals surface area contributed by atoms with Crippen molar-refractivity contribution < 1.29 is 22.3 Å². The molecule has 1 unspecified atom stereocenters. The van der Waals surface area contributed by atoms with Gasteiger partial charge in [0.25, 0.3) is 0 Å². The van der Waals surface area contributed by atoms with E-state index in [1.165, 1.54) is 0 Å². The summed E-state index contributed by atoms with van der Waals surface area (Å²) in [6, 6.07) is 0. The van der Waals surface area contributed by atoms with E-state index in [0.717, 1.165) is 0 Å². The zero-order chi connectivity index (χ0) is 9.61. The molecule has 0 aliphatic rings. The van der Waals surface area contributed by atoms with E-state index in [1.54, 1.807) is 6.08 Å². The second kappa shape index (κ2) is 5.26. The van der Waals surface area contributed by atoms with Gasteiger partial charge >= 0.3 is 10.4 Å². The molecule has 72 valence electrons. The summed E-state index contributed by atoms with van der Waals surface area (Å²) in [5.74, 6) is 0. The maximum atomic E-state index is 10.0. The van der Waals surface area contributed by atoms with E-state index < -0.39 is 23.1 Å². The van der Waals surface area contributed by atoms with Gasteiger partial charge in [0.1, 0.15) is 0 Å². The average molecular weight is 196 g/mol. The van der Waals surface area contributed by atoms with Crippen LogP contribution in [-0.2, 0) is 14.6 Å². The quantitative estimate of drug-likeness (QED) is 0.466. The van der Waals surface area contributed by atoms with Gasteiger partial charge in [0.05, 0.1) is 12.7 Å². The van der Waals surface area contributed by atoms with Crippen LogP contribution in [0.3, 0.4) is 0 Å². The Morgan fingerprint density at radius 1 is 1.58 bits per heavy atom. The van der Waals surface area contributed by atoms with Crippen LogP contribution in [0.2, 0.25) is 0 Å². The maximum Gasteiger partial charge on any atom is 0.397 e. The first-order valence-corrected chi connectivity index (χ1v) is 4.73. The second-order valence-electron chi connectivity index (χ2n) is 2.23. The van der Waals surface area contributed by atoms with Crippen molar-refractivity contribution in [1.29, 1.82) is 0 Å². The van der Waals surface area contributed by atoms with E-state index in [4.69, 9.17) is 9.66 Å². The summed E-state index contributed by atoms with van der Waals surface area (Å²) in [7, 11) is -4.43. The highest BCUT2D eigenvalue weighted by atomic mass is 32.3. The molecule has 0 heterocycles. The Balaban J connectivity index is 3.57. The third kappa shape index (κ3) is 7.67. The minimum absolute atomic E-state index is 0.360. The Morgan fingerprint density at radius 3 is 2.58 bits per heavy atom. The van der Waals surface area contributed by atoms with Crippen LogP contribution in [0.4, 0.5) is 0 Å². The molecule has 0 aliphatic heterocycles. The SMILES string of the molecule is C=CCCC(O)COS(=O)(=O)O. The summed E-state index contributed by atoms with van der Waals surface area (Å²) >= 11 is 0. The number of aliphatic hydroxyl groups excluding tert-OH is 1. The van der Waals surface area contributed by atoms with E-state index in [-0.39, 0.29) is 0 Å². The van der Waals surface area contributed by atoms with Crippen LogP contribution < -0.4 is 0 Å². The molecule has 0 radical (unpaired) electrons. The van der Waals surface area contributed by atoms with Gasteiger partial charge < -0.3 is 5.11 Å². The first-order chi connectivity index (χ1) is 5.45. The van der Waals surface area contributed by atoms with Crippen LogP contribution >= 0.6 is 0 Å². The lowest BCUT2D eigenvalue weighted by Crippen LogP contribution is -2.17. The zero-order valence-electron chi connectivity index (χ0n) is 6.51. The first-order valence-electron chi connectivity index (χ1n) is 3.36. The molecule has 0 amide bonds. The fraction of sp³-hybridized carbons (Fsp3) is 0.667. The minimum Gasteiger partial charge on any atom is -0.391 e. The molecule has 0 rings (SSSR count). The second-order valence-corrected chi connectivity index (χ2v) is 3.32. The summed E-state index contributed by atoms with van der Waals surface area (Å²) in [5.41, 5.74) is 0. The molecule has 0 aromatic carbocycles. The van der Waals surface area contributed by atoms with Crippen LogP contribution in [-0.4, -0.2) is 30.8 Å². The van der Waals surface area contributed by atoms with Crippen molar-refractivity contribution in [3.05, 3.63) is 12.7 Å². The molecule has 0 aromatic rings. The topological polar surface area (TPSA) is 83.8 Å². The highest BCUT2D eigenvalue weighted by Crippen LogP contribution is 1.99. The van der Waals surface area contributed by atoms with Gasteiger partial charge in [0.2, 0.25) is 0 Å².